The number of β-amino-alcohol motifs (C(OH)–C–C–N with tert-alkyl or cyclic N) is 2. The van der Waals surface area contributed by atoms with E-state index in [1.807, 2.05) is 0 Å². The predicted molar refractivity (Wildman–Crippen MR) is 65.5 cm³/mol. The van der Waals surface area contributed by atoms with Crippen molar-refractivity contribution in [1.29, 1.82) is 0 Å². The van der Waals surface area contributed by atoms with Gasteiger partial charge in [0.05, 0.1) is 12.2 Å². The van der Waals surface area contributed by atoms with E-state index in [1.165, 1.54) is 4.90 Å². The number of hydrogen-bond donors (Lipinski definition) is 2. The van der Waals surface area contributed by atoms with Crippen LogP contribution in [0.4, 0.5) is 0 Å². The standard InChI is InChI=1S/C12H14ClNO4/c13-8-2-1-3-9(4-8)18-7-12(17)14-5-10(15)11(16)6-14/h1-4,10-11,15-16H,5-7H2/t10-,11+. The first-order chi connectivity index (χ1) is 8.56. The van der Waals surface area contributed by atoms with Crippen molar-refractivity contribution in [2.24, 2.45) is 0 Å². The predicted octanol–water partition coefficient (Wildman–Crippen LogP) is 0.283. The van der Waals surface area contributed by atoms with Crippen LogP contribution in [0, 0.1) is 0 Å². The lowest BCUT2D eigenvalue weighted by Gasteiger charge is -2.15. The van der Waals surface area contributed by atoms with E-state index in [4.69, 9.17) is 16.3 Å². The Morgan fingerprint density at radius 1 is 1.39 bits per heavy atom. The third kappa shape index (κ3) is 3.13. The zero-order valence-electron chi connectivity index (χ0n) is 9.62. The zero-order valence-corrected chi connectivity index (χ0v) is 10.4. The highest BCUT2D eigenvalue weighted by Gasteiger charge is 2.32. The Labute approximate surface area is 110 Å². The normalized spacial score (nSPS) is 23.2. The van der Waals surface area contributed by atoms with E-state index in [1.54, 1.807) is 24.3 Å². The quantitative estimate of drug-likeness (QED) is 0.829. The Balaban J connectivity index is 1.85. The van der Waals surface area contributed by atoms with E-state index in [0.29, 0.717) is 10.8 Å². The summed E-state index contributed by atoms with van der Waals surface area (Å²) in [4.78, 5) is 13.1. The molecule has 0 spiro atoms. The van der Waals surface area contributed by atoms with E-state index in [-0.39, 0.29) is 25.6 Å². The van der Waals surface area contributed by atoms with Crippen molar-refractivity contribution < 1.29 is 19.7 Å². The molecule has 0 saturated carbocycles. The topological polar surface area (TPSA) is 70.0 Å². The van der Waals surface area contributed by atoms with Gasteiger partial charge in [-0.2, -0.15) is 0 Å². The van der Waals surface area contributed by atoms with E-state index in [0.717, 1.165) is 0 Å². The molecule has 6 heteroatoms. The fourth-order valence-corrected chi connectivity index (χ4v) is 1.95. The largest absolute Gasteiger partial charge is 0.484 e. The molecule has 5 nitrogen and oxygen atoms in total. The number of benzene rings is 1. The number of rotatable bonds is 3. The van der Waals surface area contributed by atoms with Gasteiger partial charge in [-0.3, -0.25) is 4.79 Å². The number of aliphatic hydroxyl groups is 2. The summed E-state index contributed by atoms with van der Waals surface area (Å²) >= 11 is 5.78. The van der Waals surface area contributed by atoms with Crippen LogP contribution in [0.3, 0.4) is 0 Å². The van der Waals surface area contributed by atoms with Crippen molar-refractivity contribution >= 4 is 17.5 Å². The molecule has 1 aromatic carbocycles. The molecule has 1 amide bonds. The van der Waals surface area contributed by atoms with E-state index < -0.39 is 12.2 Å². The number of aliphatic hydroxyl groups excluding tert-OH is 2. The van der Waals surface area contributed by atoms with Crippen LogP contribution in [0.25, 0.3) is 0 Å². The third-order valence-electron chi connectivity index (χ3n) is 2.77. The molecule has 0 bridgehead atoms. The van der Waals surface area contributed by atoms with Gasteiger partial charge in [-0.25, -0.2) is 0 Å². The Morgan fingerprint density at radius 3 is 2.67 bits per heavy atom. The summed E-state index contributed by atoms with van der Waals surface area (Å²) in [5, 5.41) is 19.2. The van der Waals surface area contributed by atoms with Gasteiger partial charge in [-0.15, -0.1) is 0 Å². The van der Waals surface area contributed by atoms with Crippen LogP contribution in [0.2, 0.25) is 5.02 Å². The molecule has 2 atom stereocenters. The van der Waals surface area contributed by atoms with Crippen molar-refractivity contribution in [2.75, 3.05) is 19.7 Å². The monoisotopic (exact) mass is 271 g/mol. The van der Waals surface area contributed by atoms with Crippen LogP contribution >= 0.6 is 11.6 Å². The summed E-state index contributed by atoms with van der Waals surface area (Å²) in [6, 6.07) is 6.75. The Hall–Kier alpha value is -1.30. The van der Waals surface area contributed by atoms with Crippen LogP contribution in [0.5, 0.6) is 5.75 Å². The summed E-state index contributed by atoms with van der Waals surface area (Å²) < 4.78 is 5.29. The van der Waals surface area contributed by atoms with Crippen molar-refractivity contribution in [1.82, 2.24) is 4.90 Å². The SMILES string of the molecule is O=C(COc1cccc(Cl)c1)N1C[C@@H](O)[C@@H](O)C1. The number of ether oxygens (including phenoxy) is 1. The van der Waals surface area contributed by atoms with E-state index in [9.17, 15) is 15.0 Å². The molecule has 1 heterocycles. The molecular weight excluding hydrogens is 258 g/mol. The highest BCUT2D eigenvalue weighted by atomic mass is 35.5. The third-order valence-corrected chi connectivity index (χ3v) is 3.01. The number of carbonyl (C=O) groups is 1. The number of likely N-dealkylation sites (tertiary alicyclic amines) is 1. The molecule has 0 aromatic heterocycles. The van der Waals surface area contributed by atoms with Crippen molar-refractivity contribution in [3.8, 4) is 5.75 Å². The van der Waals surface area contributed by atoms with Gasteiger partial charge in [0.1, 0.15) is 5.75 Å². The number of nitrogens with zero attached hydrogens (tertiary/aromatic N) is 1. The molecule has 0 aliphatic carbocycles. The summed E-state index contributed by atoms with van der Waals surface area (Å²) in [5.41, 5.74) is 0. The van der Waals surface area contributed by atoms with Crippen molar-refractivity contribution in [3.05, 3.63) is 29.3 Å². The van der Waals surface area contributed by atoms with Gasteiger partial charge >= 0.3 is 0 Å². The van der Waals surface area contributed by atoms with Crippen LogP contribution in [-0.2, 0) is 4.79 Å². The molecule has 1 fully saturated rings. The lowest BCUT2D eigenvalue weighted by molar-refractivity contribution is -0.132. The van der Waals surface area contributed by atoms with Crippen LogP contribution < -0.4 is 4.74 Å². The smallest absolute Gasteiger partial charge is 0.260 e. The molecule has 18 heavy (non-hydrogen) atoms. The first-order valence-corrected chi connectivity index (χ1v) is 5.96. The molecule has 1 aliphatic rings. The Morgan fingerprint density at radius 2 is 2.06 bits per heavy atom. The maximum Gasteiger partial charge on any atom is 0.260 e. The highest BCUT2D eigenvalue weighted by molar-refractivity contribution is 6.30. The first-order valence-electron chi connectivity index (χ1n) is 5.58. The second-order valence-corrected chi connectivity index (χ2v) is 4.62. The first kappa shape index (κ1) is 13.1. The van der Waals surface area contributed by atoms with E-state index in [2.05, 4.69) is 0 Å². The average Bonchev–Trinajstić information content (AvgIpc) is 2.67. The maximum absolute atomic E-state index is 11.7. The van der Waals surface area contributed by atoms with Gasteiger partial charge < -0.3 is 19.8 Å². The van der Waals surface area contributed by atoms with Crippen molar-refractivity contribution in [3.63, 3.8) is 0 Å². The molecule has 1 aliphatic heterocycles. The van der Waals surface area contributed by atoms with Gasteiger partial charge in [-0.1, -0.05) is 17.7 Å². The number of halogens is 1. The lowest BCUT2D eigenvalue weighted by atomic mass is 10.3. The molecule has 0 radical (unpaired) electrons. The van der Waals surface area contributed by atoms with Gasteiger partial charge in [0.2, 0.25) is 0 Å². The molecule has 98 valence electrons. The summed E-state index contributed by atoms with van der Waals surface area (Å²) in [5.74, 6) is 0.238. The number of hydrogen-bond acceptors (Lipinski definition) is 4. The molecule has 1 aromatic rings. The number of amides is 1. The Bertz CT molecular complexity index is 430. The highest BCUT2D eigenvalue weighted by Crippen LogP contribution is 2.17. The molecule has 1 saturated heterocycles. The minimum atomic E-state index is -0.875. The van der Waals surface area contributed by atoms with Crippen LogP contribution in [0.1, 0.15) is 0 Å². The Kier molecular flexibility index (Phi) is 4.06. The minimum absolute atomic E-state index is 0.138. The fraction of sp³-hybridized carbons (Fsp3) is 0.417. The lowest BCUT2D eigenvalue weighted by Crippen LogP contribution is -2.33. The molecule has 2 N–H and O–H groups in total. The summed E-state index contributed by atoms with van der Waals surface area (Å²) in [6.07, 6.45) is -1.75. The van der Waals surface area contributed by atoms with Crippen LogP contribution in [-0.4, -0.2) is 52.9 Å². The average molecular weight is 272 g/mol. The van der Waals surface area contributed by atoms with Gasteiger partial charge in [0.25, 0.3) is 5.91 Å². The molecular formula is C12H14ClNO4. The second-order valence-electron chi connectivity index (χ2n) is 4.18. The molecule has 0 unspecified atom stereocenters. The second kappa shape index (κ2) is 5.56. The number of carbonyl (C=O) groups excluding carboxylic acids is 1. The van der Waals surface area contributed by atoms with E-state index >= 15 is 0 Å². The van der Waals surface area contributed by atoms with Gasteiger partial charge in [-0.05, 0) is 18.2 Å². The fourth-order valence-electron chi connectivity index (χ4n) is 1.77. The zero-order chi connectivity index (χ0) is 13.1. The molecule has 2 rings (SSSR count). The minimum Gasteiger partial charge on any atom is -0.484 e. The van der Waals surface area contributed by atoms with Crippen molar-refractivity contribution in [2.45, 2.75) is 12.2 Å². The van der Waals surface area contributed by atoms with Gasteiger partial charge in [0, 0.05) is 18.1 Å². The summed E-state index contributed by atoms with van der Waals surface area (Å²) in [7, 11) is 0. The van der Waals surface area contributed by atoms with Gasteiger partial charge in [0.15, 0.2) is 6.61 Å². The van der Waals surface area contributed by atoms with Crippen LogP contribution in [0.15, 0.2) is 24.3 Å². The summed E-state index contributed by atoms with van der Waals surface area (Å²) in [6.45, 7) is 0.137. The maximum atomic E-state index is 11.7.